The molecule has 0 aromatic heterocycles. The molecule has 0 atom stereocenters. The number of amides is 1. The molecule has 4 heteroatoms. The molecule has 68 valence electrons. The van der Waals surface area contributed by atoms with Crippen LogP contribution in [-0.2, 0) is 4.79 Å². The van der Waals surface area contributed by atoms with Crippen LogP contribution in [0.25, 0.3) is 0 Å². The predicted molar refractivity (Wildman–Crippen MR) is 46.4 cm³/mol. The lowest BCUT2D eigenvalue weighted by atomic mass is 10.4. The molecule has 0 heterocycles. The van der Waals surface area contributed by atoms with Crippen molar-refractivity contribution in [2.24, 2.45) is 0 Å². The van der Waals surface area contributed by atoms with Crippen LogP contribution in [0.1, 0.15) is 6.42 Å². The highest BCUT2D eigenvalue weighted by Gasteiger charge is 2.06. The minimum Gasteiger partial charge on any atom is -0.348 e. The van der Waals surface area contributed by atoms with Gasteiger partial charge in [-0.25, -0.2) is 0 Å². The van der Waals surface area contributed by atoms with Gasteiger partial charge in [0.1, 0.15) is 0 Å². The van der Waals surface area contributed by atoms with Gasteiger partial charge in [-0.05, 0) is 7.05 Å². The second-order valence-corrected chi connectivity index (χ2v) is 2.93. The lowest BCUT2D eigenvalue weighted by molar-refractivity contribution is -0.129. The van der Waals surface area contributed by atoms with Gasteiger partial charge < -0.3 is 4.90 Å². The topological polar surface area (TPSA) is 47.3 Å². The van der Waals surface area contributed by atoms with E-state index < -0.39 is 0 Å². The van der Waals surface area contributed by atoms with Crippen LogP contribution in [0.4, 0.5) is 0 Å². The van der Waals surface area contributed by atoms with E-state index in [0.717, 1.165) is 0 Å². The Bertz CT molecular complexity index is 183. The Balaban J connectivity index is 3.63. The summed E-state index contributed by atoms with van der Waals surface area (Å²) in [6.07, 6.45) is 0.469. The standard InChI is InChI=1S/C8H15N3O/c1-10(2)8(12)7-11(3)6-4-5-9/h4,6-7H2,1-3H3. The first kappa shape index (κ1) is 10.9. The third kappa shape index (κ3) is 4.69. The van der Waals surface area contributed by atoms with Crippen LogP contribution >= 0.6 is 0 Å². The molecule has 0 unspecified atom stereocenters. The number of hydrogen-bond donors (Lipinski definition) is 0. The van der Waals surface area contributed by atoms with Crippen molar-refractivity contribution in [2.45, 2.75) is 6.42 Å². The molecule has 0 aliphatic rings. The van der Waals surface area contributed by atoms with E-state index in [0.29, 0.717) is 19.5 Å². The quantitative estimate of drug-likeness (QED) is 0.591. The first-order valence-electron chi connectivity index (χ1n) is 3.83. The van der Waals surface area contributed by atoms with E-state index in [-0.39, 0.29) is 5.91 Å². The third-order valence-electron chi connectivity index (χ3n) is 1.51. The van der Waals surface area contributed by atoms with E-state index in [2.05, 4.69) is 0 Å². The molecule has 0 aromatic rings. The Labute approximate surface area is 73.4 Å². The van der Waals surface area contributed by atoms with Crippen LogP contribution in [0.2, 0.25) is 0 Å². The monoisotopic (exact) mass is 169 g/mol. The first-order valence-corrected chi connectivity index (χ1v) is 3.83. The van der Waals surface area contributed by atoms with Crippen LogP contribution in [0.5, 0.6) is 0 Å². The molecular formula is C8H15N3O. The van der Waals surface area contributed by atoms with E-state index in [1.54, 1.807) is 19.0 Å². The highest BCUT2D eigenvalue weighted by Crippen LogP contribution is 1.88. The Morgan fingerprint density at radius 2 is 2.00 bits per heavy atom. The minimum absolute atomic E-state index is 0.0652. The molecule has 1 amide bonds. The zero-order chi connectivity index (χ0) is 9.56. The number of likely N-dealkylation sites (N-methyl/N-ethyl adjacent to an activating group) is 2. The van der Waals surface area contributed by atoms with E-state index >= 15 is 0 Å². The molecule has 0 saturated heterocycles. The van der Waals surface area contributed by atoms with E-state index in [9.17, 15) is 4.79 Å². The fourth-order valence-corrected chi connectivity index (χ4v) is 0.692. The molecule has 0 saturated carbocycles. The second-order valence-electron chi connectivity index (χ2n) is 2.93. The normalized spacial score (nSPS) is 9.58. The maximum absolute atomic E-state index is 11.1. The Morgan fingerprint density at radius 1 is 1.42 bits per heavy atom. The fourth-order valence-electron chi connectivity index (χ4n) is 0.692. The molecule has 0 bridgehead atoms. The average molecular weight is 169 g/mol. The smallest absolute Gasteiger partial charge is 0.236 e. The highest BCUT2D eigenvalue weighted by atomic mass is 16.2. The molecule has 0 aliphatic heterocycles. The van der Waals surface area contributed by atoms with Crippen LogP contribution in [0.15, 0.2) is 0 Å². The molecule has 12 heavy (non-hydrogen) atoms. The number of rotatable bonds is 4. The summed E-state index contributed by atoms with van der Waals surface area (Å²) >= 11 is 0. The summed E-state index contributed by atoms with van der Waals surface area (Å²) in [6.45, 7) is 1.03. The van der Waals surface area contributed by atoms with Crippen LogP contribution < -0.4 is 0 Å². The summed E-state index contributed by atoms with van der Waals surface area (Å²) < 4.78 is 0. The van der Waals surface area contributed by atoms with Crippen LogP contribution in [0.3, 0.4) is 0 Å². The maximum Gasteiger partial charge on any atom is 0.236 e. The van der Waals surface area contributed by atoms with E-state index in [4.69, 9.17) is 5.26 Å². The van der Waals surface area contributed by atoms with Gasteiger partial charge in [0, 0.05) is 27.1 Å². The summed E-state index contributed by atoms with van der Waals surface area (Å²) in [5, 5.41) is 8.29. The van der Waals surface area contributed by atoms with Gasteiger partial charge in [0.25, 0.3) is 0 Å². The summed E-state index contributed by atoms with van der Waals surface area (Å²) in [5.74, 6) is 0.0652. The van der Waals surface area contributed by atoms with Crippen molar-refractivity contribution in [1.82, 2.24) is 9.80 Å². The number of carbonyl (C=O) groups is 1. The van der Waals surface area contributed by atoms with Gasteiger partial charge in [0.2, 0.25) is 5.91 Å². The van der Waals surface area contributed by atoms with E-state index in [1.165, 1.54) is 0 Å². The molecule has 0 N–H and O–H groups in total. The molecule has 0 aliphatic carbocycles. The Morgan fingerprint density at radius 3 is 2.42 bits per heavy atom. The van der Waals surface area contributed by atoms with Crippen molar-refractivity contribution in [1.29, 1.82) is 5.26 Å². The summed E-state index contributed by atoms with van der Waals surface area (Å²) in [4.78, 5) is 14.5. The lowest BCUT2D eigenvalue weighted by Crippen LogP contribution is -2.34. The Kier molecular flexibility index (Phi) is 5.06. The molecule has 0 aromatic carbocycles. The highest BCUT2D eigenvalue weighted by molar-refractivity contribution is 5.77. The summed E-state index contributed by atoms with van der Waals surface area (Å²) in [5.41, 5.74) is 0. The van der Waals surface area contributed by atoms with Gasteiger partial charge in [-0.2, -0.15) is 5.26 Å². The van der Waals surface area contributed by atoms with Gasteiger partial charge in [-0.15, -0.1) is 0 Å². The first-order chi connectivity index (χ1) is 5.57. The zero-order valence-electron chi connectivity index (χ0n) is 7.87. The van der Waals surface area contributed by atoms with Crippen LogP contribution in [-0.4, -0.2) is 49.9 Å². The third-order valence-corrected chi connectivity index (χ3v) is 1.51. The van der Waals surface area contributed by atoms with Gasteiger partial charge in [0.05, 0.1) is 12.6 Å². The van der Waals surface area contributed by atoms with Crippen molar-refractivity contribution < 1.29 is 4.79 Å². The molecule has 0 radical (unpaired) electrons. The molecule has 0 spiro atoms. The summed E-state index contributed by atoms with van der Waals surface area (Å²) in [7, 11) is 5.28. The number of nitrogens with zero attached hydrogens (tertiary/aromatic N) is 3. The molecule has 0 rings (SSSR count). The Hall–Kier alpha value is -1.08. The number of hydrogen-bond acceptors (Lipinski definition) is 3. The van der Waals surface area contributed by atoms with Crippen molar-refractivity contribution >= 4 is 5.91 Å². The number of nitriles is 1. The fraction of sp³-hybridized carbons (Fsp3) is 0.750. The average Bonchev–Trinajstić information content (AvgIpc) is 2.00. The van der Waals surface area contributed by atoms with Crippen molar-refractivity contribution in [3.8, 4) is 6.07 Å². The van der Waals surface area contributed by atoms with Gasteiger partial charge >= 0.3 is 0 Å². The SMILES string of the molecule is CN(CCC#N)CC(=O)N(C)C. The van der Waals surface area contributed by atoms with Crippen molar-refractivity contribution in [3.05, 3.63) is 0 Å². The van der Waals surface area contributed by atoms with Crippen LogP contribution in [0, 0.1) is 11.3 Å². The number of carbonyl (C=O) groups excluding carboxylic acids is 1. The largest absolute Gasteiger partial charge is 0.348 e. The lowest BCUT2D eigenvalue weighted by Gasteiger charge is -2.17. The summed E-state index contributed by atoms with van der Waals surface area (Å²) in [6, 6.07) is 2.03. The minimum atomic E-state index is 0.0652. The second kappa shape index (κ2) is 5.56. The van der Waals surface area contributed by atoms with Gasteiger partial charge in [-0.3, -0.25) is 9.69 Å². The van der Waals surface area contributed by atoms with Crippen molar-refractivity contribution in [3.63, 3.8) is 0 Å². The maximum atomic E-state index is 11.1. The van der Waals surface area contributed by atoms with E-state index in [1.807, 2.05) is 18.0 Å². The van der Waals surface area contributed by atoms with Gasteiger partial charge in [0.15, 0.2) is 0 Å². The molecule has 0 fully saturated rings. The molecular weight excluding hydrogens is 154 g/mol. The molecule has 4 nitrogen and oxygen atoms in total. The zero-order valence-corrected chi connectivity index (χ0v) is 7.87. The predicted octanol–water partition coefficient (Wildman–Crippen LogP) is -0.0799. The van der Waals surface area contributed by atoms with Gasteiger partial charge in [-0.1, -0.05) is 0 Å². The van der Waals surface area contributed by atoms with Crippen molar-refractivity contribution in [2.75, 3.05) is 34.2 Å².